The molecule has 1 aliphatic rings. The fourth-order valence-electron chi connectivity index (χ4n) is 2.08. The fourth-order valence-corrected chi connectivity index (χ4v) is 2.08. The predicted molar refractivity (Wildman–Crippen MR) is 70.6 cm³/mol. The summed E-state index contributed by atoms with van der Waals surface area (Å²) in [5.74, 6) is 0.777. The number of para-hydroxylation sites is 1. The first-order chi connectivity index (χ1) is 8.59. The van der Waals surface area contributed by atoms with Crippen LogP contribution in [-0.2, 0) is 4.79 Å². The third-order valence-electron chi connectivity index (χ3n) is 3.04. The lowest BCUT2D eigenvalue weighted by molar-refractivity contribution is -0.146. The number of piperazine rings is 1. The zero-order valence-electron chi connectivity index (χ0n) is 11.0. The molecule has 1 fully saturated rings. The average Bonchev–Trinajstić information content (AvgIpc) is 2.39. The molecule has 2 rings (SSSR count). The van der Waals surface area contributed by atoms with Crippen molar-refractivity contribution in [1.82, 2.24) is 10.2 Å². The molecule has 18 heavy (non-hydrogen) atoms. The van der Waals surface area contributed by atoms with Gasteiger partial charge in [0, 0.05) is 26.2 Å². The highest BCUT2D eigenvalue weighted by molar-refractivity contribution is 5.85. The Morgan fingerprint density at radius 1 is 1.22 bits per heavy atom. The molecule has 0 unspecified atom stereocenters. The summed E-state index contributed by atoms with van der Waals surface area (Å²) in [4.78, 5) is 14.3. The van der Waals surface area contributed by atoms with Crippen LogP contribution in [0.15, 0.2) is 30.3 Å². The minimum Gasteiger partial charge on any atom is -0.478 e. The molecule has 1 aliphatic heterocycles. The van der Waals surface area contributed by atoms with E-state index in [1.165, 1.54) is 0 Å². The van der Waals surface area contributed by atoms with Gasteiger partial charge >= 0.3 is 0 Å². The zero-order valence-corrected chi connectivity index (χ0v) is 11.0. The number of hydrogen-bond donors (Lipinski definition) is 1. The molecule has 0 radical (unpaired) electrons. The van der Waals surface area contributed by atoms with Crippen LogP contribution in [0.4, 0.5) is 0 Å². The molecule has 4 nitrogen and oxygen atoms in total. The highest BCUT2D eigenvalue weighted by Gasteiger charge is 2.34. The molecule has 1 saturated heterocycles. The van der Waals surface area contributed by atoms with Crippen molar-refractivity contribution in [1.29, 1.82) is 0 Å². The Morgan fingerprint density at radius 2 is 1.83 bits per heavy atom. The standard InChI is InChI=1S/C14H20N2O2/c1-14(2,18-12-6-4-3-5-7-12)13(17)16-10-8-15-9-11-16/h3-7,15H,8-11H2,1-2H3. The average molecular weight is 248 g/mol. The third-order valence-corrected chi connectivity index (χ3v) is 3.04. The fraction of sp³-hybridized carbons (Fsp3) is 0.500. The van der Waals surface area contributed by atoms with Crippen molar-refractivity contribution >= 4 is 5.91 Å². The summed E-state index contributed by atoms with van der Waals surface area (Å²) in [5.41, 5.74) is -0.821. The van der Waals surface area contributed by atoms with E-state index in [0.717, 1.165) is 31.9 Å². The van der Waals surface area contributed by atoms with Crippen LogP contribution in [0.1, 0.15) is 13.8 Å². The zero-order chi connectivity index (χ0) is 13.0. The van der Waals surface area contributed by atoms with Gasteiger partial charge in [-0.2, -0.15) is 0 Å². The number of rotatable bonds is 3. The smallest absolute Gasteiger partial charge is 0.266 e. The number of amides is 1. The van der Waals surface area contributed by atoms with Crippen molar-refractivity contribution in [3.8, 4) is 5.75 Å². The SMILES string of the molecule is CC(C)(Oc1ccccc1)C(=O)N1CCNCC1. The quantitative estimate of drug-likeness (QED) is 0.876. The van der Waals surface area contributed by atoms with Crippen LogP contribution in [0.25, 0.3) is 0 Å². The van der Waals surface area contributed by atoms with E-state index in [9.17, 15) is 4.79 Å². The second-order valence-electron chi connectivity index (χ2n) is 4.97. The summed E-state index contributed by atoms with van der Waals surface area (Å²) in [6.45, 7) is 6.86. The van der Waals surface area contributed by atoms with E-state index in [-0.39, 0.29) is 5.91 Å². The van der Waals surface area contributed by atoms with Gasteiger partial charge in [0.05, 0.1) is 0 Å². The van der Waals surface area contributed by atoms with E-state index in [4.69, 9.17) is 4.74 Å². The number of benzene rings is 1. The molecule has 0 aromatic heterocycles. The lowest BCUT2D eigenvalue weighted by Gasteiger charge is -2.34. The molecule has 0 spiro atoms. The van der Waals surface area contributed by atoms with Crippen molar-refractivity contribution in [3.63, 3.8) is 0 Å². The highest BCUT2D eigenvalue weighted by atomic mass is 16.5. The molecular weight excluding hydrogens is 228 g/mol. The van der Waals surface area contributed by atoms with E-state index in [1.807, 2.05) is 49.1 Å². The van der Waals surface area contributed by atoms with Crippen LogP contribution in [0, 0.1) is 0 Å². The van der Waals surface area contributed by atoms with Gasteiger partial charge in [-0.3, -0.25) is 4.79 Å². The second-order valence-corrected chi connectivity index (χ2v) is 4.97. The minimum absolute atomic E-state index is 0.0489. The molecule has 1 aromatic carbocycles. The summed E-state index contributed by atoms with van der Waals surface area (Å²) in [7, 11) is 0. The second kappa shape index (κ2) is 5.40. The van der Waals surface area contributed by atoms with Crippen molar-refractivity contribution in [2.24, 2.45) is 0 Å². The van der Waals surface area contributed by atoms with E-state index >= 15 is 0 Å². The Morgan fingerprint density at radius 3 is 2.44 bits per heavy atom. The first-order valence-electron chi connectivity index (χ1n) is 6.34. The summed E-state index contributed by atoms with van der Waals surface area (Å²) >= 11 is 0. The van der Waals surface area contributed by atoms with Crippen LogP contribution in [0.5, 0.6) is 5.75 Å². The Kier molecular flexibility index (Phi) is 3.87. The Balaban J connectivity index is 2.03. The summed E-state index contributed by atoms with van der Waals surface area (Å²) in [6, 6.07) is 9.47. The maximum absolute atomic E-state index is 12.4. The maximum atomic E-state index is 12.4. The van der Waals surface area contributed by atoms with Gasteiger partial charge in [-0.25, -0.2) is 0 Å². The normalized spacial score (nSPS) is 16.4. The molecule has 1 aromatic rings. The Bertz CT molecular complexity index is 398. The minimum atomic E-state index is -0.821. The predicted octanol–water partition coefficient (Wildman–Crippen LogP) is 1.28. The lowest BCUT2D eigenvalue weighted by atomic mass is 10.1. The van der Waals surface area contributed by atoms with Crippen LogP contribution in [-0.4, -0.2) is 42.6 Å². The van der Waals surface area contributed by atoms with E-state index in [2.05, 4.69) is 5.32 Å². The number of carbonyl (C=O) groups excluding carboxylic acids is 1. The first kappa shape index (κ1) is 12.9. The number of hydrogen-bond acceptors (Lipinski definition) is 3. The van der Waals surface area contributed by atoms with Crippen molar-refractivity contribution in [2.45, 2.75) is 19.4 Å². The topological polar surface area (TPSA) is 41.6 Å². The summed E-state index contributed by atoms with van der Waals surface area (Å²) in [5, 5.41) is 3.24. The van der Waals surface area contributed by atoms with Crippen molar-refractivity contribution < 1.29 is 9.53 Å². The van der Waals surface area contributed by atoms with Gasteiger partial charge in [-0.05, 0) is 26.0 Å². The van der Waals surface area contributed by atoms with Crippen molar-refractivity contribution in [2.75, 3.05) is 26.2 Å². The largest absolute Gasteiger partial charge is 0.478 e. The molecular formula is C14H20N2O2. The van der Waals surface area contributed by atoms with Crippen molar-refractivity contribution in [3.05, 3.63) is 30.3 Å². The van der Waals surface area contributed by atoms with E-state index in [1.54, 1.807) is 0 Å². The molecule has 1 heterocycles. The van der Waals surface area contributed by atoms with Crippen LogP contribution >= 0.6 is 0 Å². The molecule has 4 heteroatoms. The molecule has 1 N–H and O–H groups in total. The summed E-state index contributed by atoms with van der Waals surface area (Å²) < 4.78 is 5.81. The van der Waals surface area contributed by atoms with Gasteiger partial charge in [0.15, 0.2) is 5.60 Å². The van der Waals surface area contributed by atoms with Crippen LogP contribution in [0.2, 0.25) is 0 Å². The van der Waals surface area contributed by atoms with E-state index in [0.29, 0.717) is 0 Å². The monoisotopic (exact) mass is 248 g/mol. The highest BCUT2D eigenvalue weighted by Crippen LogP contribution is 2.20. The van der Waals surface area contributed by atoms with Gasteiger partial charge in [0.1, 0.15) is 5.75 Å². The maximum Gasteiger partial charge on any atom is 0.266 e. The van der Waals surface area contributed by atoms with Crippen LogP contribution in [0.3, 0.4) is 0 Å². The van der Waals surface area contributed by atoms with E-state index < -0.39 is 5.60 Å². The van der Waals surface area contributed by atoms with Gasteiger partial charge in [0.25, 0.3) is 5.91 Å². The van der Waals surface area contributed by atoms with Crippen LogP contribution < -0.4 is 10.1 Å². The van der Waals surface area contributed by atoms with Gasteiger partial charge in [0.2, 0.25) is 0 Å². The molecule has 0 aliphatic carbocycles. The number of nitrogens with one attached hydrogen (secondary N) is 1. The number of carbonyl (C=O) groups is 1. The lowest BCUT2D eigenvalue weighted by Crippen LogP contribution is -2.54. The summed E-state index contributed by atoms with van der Waals surface area (Å²) in [6.07, 6.45) is 0. The molecule has 98 valence electrons. The first-order valence-corrected chi connectivity index (χ1v) is 6.34. The molecule has 0 bridgehead atoms. The number of ether oxygens (including phenoxy) is 1. The third kappa shape index (κ3) is 3.01. The Labute approximate surface area is 108 Å². The molecule has 0 saturated carbocycles. The van der Waals surface area contributed by atoms with Gasteiger partial charge in [-0.15, -0.1) is 0 Å². The number of nitrogens with zero attached hydrogens (tertiary/aromatic N) is 1. The molecule has 1 amide bonds. The Hall–Kier alpha value is -1.55. The van der Waals surface area contributed by atoms with Gasteiger partial charge < -0.3 is 15.0 Å². The van der Waals surface area contributed by atoms with Gasteiger partial charge in [-0.1, -0.05) is 18.2 Å². The molecule has 0 atom stereocenters.